The minimum atomic E-state index is -0.527. The summed E-state index contributed by atoms with van der Waals surface area (Å²) in [6.45, 7) is 1.98. The molecule has 1 aliphatic rings. The van der Waals surface area contributed by atoms with Crippen molar-refractivity contribution in [3.05, 3.63) is 34.9 Å². The van der Waals surface area contributed by atoms with Gasteiger partial charge in [0, 0.05) is 16.7 Å². The number of rotatable bonds is 2. The van der Waals surface area contributed by atoms with Gasteiger partial charge in [0.1, 0.15) is 0 Å². The second kappa shape index (κ2) is 4.59. The van der Waals surface area contributed by atoms with E-state index in [0.717, 1.165) is 0 Å². The Balaban J connectivity index is 2.38. The van der Waals surface area contributed by atoms with Crippen molar-refractivity contribution < 1.29 is 14.3 Å². The van der Waals surface area contributed by atoms with E-state index in [9.17, 15) is 9.59 Å². The standard InChI is InChI=1S/C12H10ClNO3/c1-2-17-11(15)6-9-8-4-3-7(13)5-10(8)14-12(9)16/h3-6H,2H2,1H3,(H,14,16). The van der Waals surface area contributed by atoms with Crippen molar-refractivity contribution in [2.75, 3.05) is 11.9 Å². The summed E-state index contributed by atoms with van der Waals surface area (Å²) < 4.78 is 4.77. The zero-order chi connectivity index (χ0) is 12.4. The maximum absolute atomic E-state index is 11.7. The van der Waals surface area contributed by atoms with Gasteiger partial charge in [-0.15, -0.1) is 0 Å². The van der Waals surface area contributed by atoms with Gasteiger partial charge >= 0.3 is 5.97 Å². The van der Waals surface area contributed by atoms with E-state index < -0.39 is 5.97 Å². The predicted molar refractivity (Wildman–Crippen MR) is 64.7 cm³/mol. The molecule has 1 aromatic rings. The van der Waals surface area contributed by atoms with Crippen LogP contribution in [0.15, 0.2) is 24.3 Å². The van der Waals surface area contributed by atoms with Crippen LogP contribution in [0.4, 0.5) is 5.69 Å². The maximum Gasteiger partial charge on any atom is 0.331 e. The molecule has 88 valence electrons. The van der Waals surface area contributed by atoms with E-state index in [0.29, 0.717) is 21.8 Å². The van der Waals surface area contributed by atoms with Gasteiger partial charge in [-0.3, -0.25) is 4.79 Å². The van der Waals surface area contributed by atoms with E-state index in [2.05, 4.69) is 5.32 Å². The highest BCUT2D eigenvalue weighted by molar-refractivity contribution is 6.35. The highest BCUT2D eigenvalue weighted by Crippen LogP contribution is 2.33. The average Bonchev–Trinajstić information content (AvgIpc) is 2.55. The molecule has 1 aromatic carbocycles. The summed E-state index contributed by atoms with van der Waals surface area (Å²) in [5.74, 6) is -0.851. The smallest absolute Gasteiger partial charge is 0.331 e. The van der Waals surface area contributed by atoms with Crippen molar-refractivity contribution in [2.45, 2.75) is 6.92 Å². The number of hydrogen-bond acceptors (Lipinski definition) is 3. The molecule has 2 rings (SSSR count). The number of halogens is 1. The lowest BCUT2D eigenvalue weighted by molar-refractivity contribution is -0.137. The molecule has 0 atom stereocenters. The second-order valence-electron chi connectivity index (χ2n) is 3.45. The van der Waals surface area contributed by atoms with Gasteiger partial charge in [0.2, 0.25) is 0 Å². The topological polar surface area (TPSA) is 55.4 Å². The molecule has 4 nitrogen and oxygen atoms in total. The highest BCUT2D eigenvalue weighted by Gasteiger charge is 2.25. The van der Waals surface area contributed by atoms with E-state index in [1.807, 2.05) is 0 Å². The summed E-state index contributed by atoms with van der Waals surface area (Å²) in [5.41, 5.74) is 1.57. The van der Waals surface area contributed by atoms with Crippen LogP contribution in [-0.2, 0) is 14.3 Å². The first kappa shape index (κ1) is 11.7. The first-order valence-electron chi connectivity index (χ1n) is 5.11. The number of carbonyl (C=O) groups is 2. The minimum Gasteiger partial charge on any atom is -0.463 e. The molecule has 1 amide bonds. The van der Waals surface area contributed by atoms with Crippen LogP contribution in [-0.4, -0.2) is 18.5 Å². The van der Waals surface area contributed by atoms with Gasteiger partial charge in [0.15, 0.2) is 0 Å². The molecule has 1 aliphatic heterocycles. The fourth-order valence-corrected chi connectivity index (χ4v) is 1.78. The molecule has 0 radical (unpaired) electrons. The van der Waals surface area contributed by atoms with Crippen molar-refractivity contribution in [3.8, 4) is 0 Å². The van der Waals surface area contributed by atoms with Crippen LogP contribution in [0.3, 0.4) is 0 Å². The Morgan fingerprint density at radius 3 is 3.00 bits per heavy atom. The Labute approximate surface area is 103 Å². The lowest BCUT2D eigenvalue weighted by atomic mass is 10.1. The van der Waals surface area contributed by atoms with Crippen molar-refractivity contribution in [1.29, 1.82) is 0 Å². The van der Waals surface area contributed by atoms with Crippen molar-refractivity contribution in [1.82, 2.24) is 0 Å². The van der Waals surface area contributed by atoms with Gasteiger partial charge in [0.25, 0.3) is 5.91 Å². The summed E-state index contributed by atoms with van der Waals surface area (Å²) in [6.07, 6.45) is 1.19. The number of hydrogen-bond donors (Lipinski definition) is 1. The third kappa shape index (κ3) is 2.31. The van der Waals surface area contributed by atoms with E-state index in [-0.39, 0.29) is 12.5 Å². The Morgan fingerprint density at radius 1 is 1.53 bits per heavy atom. The minimum absolute atomic E-state index is 0.276. The van der Waals surface area contributed by atoms with E-state index in [1.54, 1.807) is 25.1 Å². The normalized spacial score (nSPS) is 15.6. The number of fused-ring (bicyclic) bond motifs is 1. The molecule has 17 heavy (non-hydrogen) atoms. The molecule has 0 saturated carbocycles. The zero-order valence-corrected chi connectivity index (χ0v) is 9.88. The Morgan fingerprint density at radius 2 is 2.29 bits per heavy atom. The monoisotopic (exact) mass is 251 g/mol. The number of anilines is 1. The van der Waals surface area contributed by atoms with Gasteiger partial charge in [-0.05, 0) is 19.1 Å². The maximum atomic E-state index is 11.7. The van der Waals surface area contributed by atoms with Crippen molar-refractivity contribution in [2.24, 2.45) is 0 Å². The third-order valence-corrected chi connectivity index (χ3v) is 2.55. The summed E-state index contributed by atoms with van der Waals surface area (Å²) in [4.78, 5) is 23.0. The molecule has 0 unspecified atom stereocenters. The van der Waals surface area contributed by atoms with Crippen LogP contribution in [0.5, 0.6) is 0 Å². The lowest BCUT2D eigenvalue weighted by Gasteiger charge is -1.99. The lowest BCUT2D eigenvalue weighted by Crippen LogP contribution is -2.07. The molecular weight excluding hydrogens is 242 g/mol. The van der Waals surface area contributed by atoms with Crippen LogP contribution in [0.1, 0.15) is 12.5 Å². The molecule has 5 heteroatoms. The summed E-state index contributed by atoms with van der Waals surface area (Å²) in [7, 11) is 0. The number of amides is 1. The molecule has 0 saturated heterocycles. The van der Waals surface area contributed by atoms with Crippen LogP contribution in [0.2, 0.25) is 5.02 Å². The number of benzene rings is 1. The van der Waals surface area contributed by atoms with Crippen LogP contribution in [0, 0.1) is 0 Å². The molecule has 0 bridgehead atoms. The van der Waals surface area contributed by atoms with E-state index in [1.165, 1.54) is 6.08 Å². The fourth-order valence-electron chi connectivity index (χ4n) is 1.61. The summed E-state index contributed by atoms with van der Waals surface area (Å²) >= 11 is 5.81. The van der Waals surface area contributed by atoms with Gasteiger partial charge in [-0.1, -0.05) is 17.7 Å². The van der Waals surface area contributed by atoms with Crippen LogP contribution >= 0.6 is 11.6 Å². The third-order valence-electron chi connectivity index (χ3n) is 2.31. The second-order valence-corrected chi connectivity index (χ2v) is 3.89. The fraction of sp³-hybridized carbons (Fsp3) is 0.167. The zero-order valence-electron chi connectivity index (χ0n) is 9.12. The number of nitrogens with one attached hydrogen (secondary N) is 1. The first-order valence-corrected chi connectivity index (χ1v) is 5.49. The van der Waals surface area contributed by atoms with Gasteiger partial charge in [-0.2, -0.15) is 0 Å². The molecule has 0 aromatic heterocycles. The Kier molecular flexibility index (Phi) is 3.15. The molecule has 1 heterocycles. The summed E-state index contributed by atoms with van der Waals surface area (Å²) in [6, 6.07) is 5.00. The van der Waals surface area contributed by atoms with E-state index >= 15 is 0 Å². The van der Waals surface area contributed by atoms with Crippen molar-refractivity contribution in [3.63, 3.8) is 0 Å². The van der Waals surface area contributed by atoms with Crippen LogP contribution in [0.25, 0.3) is 5.57 Å². The number of ether oxygens (including phenoxy) is 1. The molecular formula is C12H10ClNO3. The van der Waals surface area contributed by atoms with Gasteiger partial charge in [0.05, 0.1) is 17.9 Å². The Hall–Kier alpha value is -1.81. The van der Waals surface area contributed by atoms with E-state index in [4.69, 9.17) is 16.3 Å². The quantitative estimate of drug-likeness (QED) is 0.648. The predicted octanol–water partition coefficient (Wildman–Crippen LogP) is 2.24. The first-order chi connectivity index (χ1) is 8.11. The molecule has 0 aliphatic carbocycles. The number of esters is 1. The largest absolute Gasteiger partial charge is 0.463 e. The molecule has 1 N–H and O–H groups in total. The van der Waals surface area contributed by atoms with Gasteiger partial charge < -0.3 is 10.1 Å². The SMILES string of the molecule is CCOC(=O)C=C1C(=O)Nc2cc(Cl)ccc21. The summed E-state index contributed by atoms with van der Waals surface area (Å²) in [5, 5.41) is 3.17. The highest BCUT2D eigenvalue weighted by atomic mass is 35.5. The molecule has 0 fully saturated rings. The van der Waals surface area contributed by atoms with Crippen molar-refractivity contribution >= 4 is 34.7 Å². The average molecular weight is 252 g/mol. The number of carbonyl (C=O) groups excluding carboxylic acids is 2. The van der Waals surface area contributed by atoms with Gasteiger partial charge in [-0.25, -0.2) is 4.79 Å². The molecule has 0 spiro atoms. The Bertz CT molecular complexity index is 522. The van der Waals surface area contributed by atoms with Crippen LogP contribution < -0.4 is 5.32 Å².